The molecule has 0 saturated carbocycles. The number of imidazole rings is 1. The van der Waals surface area contributed by atoms with Gasteiger partial charge in [0.05, 0.1) is 25.1 Å². The Morgan fingerprint density at radius 2 is 2.25 bits per heavy atom. The molecule has 0 aliphatic heterocycles. The molecule has 0 spiro atoms. The number of aromatic nitrogens is 2. The zero-order valence-electron chi connectivity index (χ0n) is 13.4. The minimum absolute atomic E-state index is 0.0409. The molecule has 1 aromatic carbocycles. The molecule has 2 N–H and O–H groups in total. The summed E-state index contributed by atoms with van der Waals surface area (Å²) in [6, 6.07) is 6.53. The fraction of sp³-hybridized carbons (Fsp3) is 0.375. The first-order valence-corrected chi connectivity index (χ1v) is 8.41. The van der Waals surface area contributed by atoms with E-state index in [0.717, 1.165) is 0 Å². The molecule has 130 valence electrons. The van der Waals surface area contributed by atoms with Crippen molar-refractivity contribution in [2.45, 2.75) is 24.1 Å². The Labute approximate surface area is 144 Å². The molecule has 1 amide bonds. The number of ether oxygens (including phenoxy) is 1. The molecule has 8 heteroatoms. The third-order valence-electron chi connectivity index (χ3n) is 3.31. The van der Waals surface area contributed by atoms with Crippen LogP contribution in [0.4, 0.5) is 4.39 Å². The Kier molecular flexibility index (Phi) is 7.23. The molecule has 0 atom stereocenters. The van der Waals surface area contributed by atoms with Gasteiger partial charge in [0, 0.05) is 19.4 Å². The Morgan fingerprint density at radius 3 is 2.96 bits per heavy atom. The van der Waals surface area contributed by atoms with Gasteiger partial charge in [-0.15, -0.1) is 0 Å². The van der Waals surface area contributed by atoms with Crippen LogP contribution in [0.1, 0.15) is 11.3 Å². The zero-order chi connectivity index (χ0) is 17.4. The van der Waals surface area contributed by atoms with Gasteiger partial charge in [-0.2, -0.15) is 0 Å². The van der Waals surface area contributed by atoms with Crippen molar-refractivity contribution in [1.29, 1.82) is 0 Å². The lowest BCUT2D eigenvalue weighted by Crippen LogP contribution is -2.31. The summed E-state index contributed by atoms with van der Waals surface area (Å²) in [5.41, 5.74) is 1.10. The van der Waals surface area contributed by atoms with Gasteiger partial charge >= 0.3 is 0 Å². The maximum Gasteiger partial charge on any atom is 0.240 e. The highest BCUT2D eigenvalue weighted by atomic mass is 32.2. The predicted molar refractivity (Wildman–Crippen MR) is 89.0 cm³/mol. The summed E-state index contributed by atoms with van der Waals surface area (Å²) in [5, 5.41) is 12.7. The Morgan fingerprint density at radius 1 is 1.46 bits per heavy atom. The highest BCUT2D eigenvalue weighted by molar-refractivity contribution is 7.98. The van der Waals surface area contributed by atoms with Gasteiger partial charge in [0.25, 0.3) is 0 Å². The van der Waals surface area contributed by atoms with Gasteiger partial charge in [-0.1, -0.05) is 30.0 Å². The first-order valence-electron chi connectivity index (χ1n) is 7.42. The van der Waals surface area contributed by atoms with E-state index < -0.39 is 0 Å². The second kappa shape index (κ2) is 9.41. The van der Waals surface area contributed by atoms with Gasteiger partial charge in [-0.25, -0.2) is 9.37 Å². The topological polar surface area (TPSA) is 76.4 Å². The number of methoxy groups -OCH3 is 1. The molecule has 0 bridgehead atoms. The summed E-state index contributed by atoms with van der Waals surface area (Å²) in [4.78, 5) is 16.2. The normalized spacial score (nSPS) is 10.8. The number of carbonyl (C=O) groups is 1. The van der Waals surface area contributed by atoms with Crippen molar-refractivity contribution in [1.82, 2.24) is 14.9 Å². The van der Waals surface area contributed by atoms with Gasteiger partial charge in [0.2, 0.25) is 5.91 Å². The van der Waals surface area contributed by atoms with E-state index in [2.05, 4.69) is 10.3 Å². The van der Waals surface area contributed by atoms with Crippen molar-refractivity contribution in [3.63, 3.8) is 0 Å². The number of aliphatic hydroxyl groups excluding tert-OH is 1. The number of amides is 1. The van der Waals surface area contributed by atoms with Crippen LogP contribution in [0, 0.1) is 5.82 Å². The molecule has 1 heterocycles. The second-order valence-corrected chi connectivity index (χ2v) is 5.94. The largest absolute Gasteiger partial charge is 0.390 e. The molecule has 1 aromatic heterocycles. The lowest BCUT2D eigenvalue weighted by molar-refractivity contribution is -0.122. The van der Waals surface area contributed by atoms with Crippen LogP contribution in [-0.2, 0) is 28.4 Å². The average molecular weight is 353 g/mol. The van der Waals surface area contributed by atoms with Crippen molar-refractivity contribution in [2.75, 3.05) is 20.3 Å². The van der Waals surface area contributed by atoms with Crippen LogP contribution in [0.25, 0.3) is 0 Å². The summed E-state index contributed by atoms with van der Waals surface area (Å²) >= 11 is 1.32. The summed E-state index contributed by atoms with van der Waals surface area (Å²) in [6.45, 7) is 0.658. The highest BCUT2D eigenvalue weighted by Gasteiger charge is 2.14. The number of rotatable bonds is 9. The number of carbonyl (C=O) groups excluding carboxylic acids is 1. The van der Waals surface area contributed by atoms with E-state index in [-0.39, 0.29) is 24.9 Å². The molecule has 2 rings (SSSR count). The quantitative estimate of drug-likeness (QED) is 0.529. The summed E-state index contributed by atoms with van der Waals surface area (Å²) in [7, 11) is 1.56. The second-order valence-electron chi connectivity index (χ2n) is 5.00. The first-order chi connectivity index (χ1) is 11.7. The van der Waals surface area contributed by atoms with Crippen molar-refractivity contribution in [3.05, 3.63) is 47.5 Å². The number of hydrogen-bond acceptors (Lipinski definition) is 5. The SMILES string of the molecule is COCCNC(=O)Cn1c(CO)cnc1SCc1ccccc1F. The van der Waals surface area contributed by atoms with E-state index in [4.69, 9.17) is 4.74 Å². The number of hydrogen-bond donors (Lipinski definition) is 2. The molecule has 0 aliphatic rings. The van der Waals surface area contributed by atoms with Crippen molar-refractivity contribution >= 4 is 17.7 Å². The van der Waals surface area contributed by atoms with E-state index in [0.29, 0.717) is 35.3 Å². The number of thioether (sulfide) groups is 1. The van der Waals surface area contributed by atoms with Crippen molar-refractivity contribution in [2.24, 2.45) is 0 Å². The van der Waals surface area contributed by atoms with Gasteiger partial charge in [0.1, 0.15) is 12.4 Å². The maximum absolute atomic E-state index is 13.7. The van der Waals surface area contributed by atoms with Crippen LogP contribution in [0.3, 0.4) is 0 Å². The smallest absolute Gasteiger partial charge is 0.240 e. The Hall–Kier alpha value is -1.90. The highest BCUT2D eigenvalue weighted by Crippen LogP contribution is 2.24. The van der Waals surface area contributed by atoms with E-state index in [1.165, 1.54) is 24.0 Å². The third kappa shape index (κ3) is 5.05. The third-order valence-corrected chi connectivity index (χ3v) is 4.35. The number of halogens is 1. The molecular weight excluding hydrogens is 333 g/mol. The standard InChI is InChI=1S/C16H20FN3O3S/c1-23-7-6-18-15(22)9-20-13(10-21)8-19-16(20)24-11-12-4-2-3-5-14(12)17/h2-5,8,21H,6-7,9-11H2,1H3,(H,18,22). The Balaban J connectivity index is 2.03. The van der Waals surface area contributed by atoms with Gasteiger partial charge in [-0.05, 0) is 11.6 Å². The van der Waals surface area contributed by atoms with E-state index in [1.54, 1.807) is 29.9 Å². The molecule has 24 heavy (non-hydrogen) atoms. The van der Waals surface area contributed by atoms with Gasteiger partial charge in [-0.3, -0.25) is 4.79 Å². The molecule has 0 fully saturated rings. The number of nitrogens with zero attached hydrogens (tertiary/aromatic N) is 2. The van der Waals surface area contributed by atoms with Crippen LogP contribution in [-0.4, -0.2) is 40.8 Å². The van der Waals surface area contributed by atoms with Crippen LogP contribution < -0.4 is 5.32 Å². The van der Waals surface area contributed by atoms with Crippen LogP contribution >= 0.6 is 11.8 Å². The summed E-state index contributed by atoms with van der Waals surface area (Å²) in [6.07, 6.45) is 1.52. The molecule has 0 saturated heterocycles. The fourth-order valence-electron chi connectivity index (χ4n) is 2.05. The van der Waals surface area contributed by atoms with Gasteiger partial charge < -0.3 is 19.7 Å². The maximum atomic E-state index is 13.7. The summed E-state index contributed by atoms with van der Waals surface area (Å²) in [5.74, 6) is -0.0878. The minimum atomic E-state index is -0.275. The lowest BCUT2D eigenvalue weighted by Gasteiger charge is -2.11. The van der Waals surface area contributed by atoms with Crippen LogP contribution in [0.15, 0.2) is 35.6 Å². The van der Waals surface area contributed by atoms with Crippen LogP contribution in [0.5, 0.6) is 0 Å². The lowest BCUT2D eigenvalue weighted by atomic mass is 10.2. The summed E-state index contributed by atoms with van der Waals surface area (Å²) < 4.78 is 20.2. The predicted octanol–water partition coefficient (Wildman–Crippen LogP) is 1.57. The van der Waals surface area contributed by atoms with E-state index >= 15 is 0 Å². The zero-order valence-corrected chi connectivity index (χ0v) is 14.2. The molecule has 0 radical (unpaired) electrons. The Bertz CT molecular complexity index is 678. The monoisotopic (exact) mass is 353 g/mol. The van der Waals surface area contributed by atoms with Crippen molar-refractivity contribution < 1.29 is 19.0 Å². The molecule has 6 nitrogen and oxygen atoms in total. The minimum Gasteiger partial charge on any atom is -0.390 e. The number of aliphatic hydroxyl groups is 1. The van der Waals surface area contributed by atoms with Crippen molar-refractivity contribution in [3.8, 4) is 0 Å². The van der Waals surface area contributed by atoms with Gasteiger partial charge in [0.15, 0.2) is 5.16 Å². The van der Waals surface area contributed by atoms with E-state index in [9.17, 15) is 14.3 Å². The fourth-order valence-corrected chi connectivity index (χ4v) is 3.04. The number of nitrogens with one attached hydrogen (secondary N) is 1. The molecule has 0 aliphatic carbocycles. The van der Waals surface area contributed by atoms with Crippen LogP contribution in [0.2, 0.25) is 0 Å². The number of benzene rings is 1. The first kappa shape index (κ1) is 18.4. The van der Waals surface area contributed by atoms with E-state index in [1.807, 2.05) is 0 Å². The average Bonchev–Trinajstić information content (AvgIpc) is 2.96. The molecular formula is C16H20FN3O3S. The molecule has 2 aromatic rings. The molecule has 0 unspecified atom stereocenters.